The average Bonchev–Trinajstić information content (AvgIpc) is 2.19. The van der Waals surface area contributed by atoms with Gasteiger partial charge in [-0.25, -0.2) is 0 Å². The van der Waals surface area contributed by atoms with E-state index >= 15 is 0 Å². The van der Waals surface area contributed by atoms with E-state index in [1.807, 2.05) is 6.07 Å². The van der Waals surface area contributed by atoms with Crippen molar-refractivity contribution in [1.29, 1.82) is 0 Å². The third-order valence-corrected chi connectivity index (χ3v) is 2.61. The van der Waals surface area contributed by atoms with Crippen LogP contribution in [0.3, 0.4) is 0 Å². The van der Waals surface area contributed by atoms with Gasteiger partial charge in [-0.3, -0.25) is 0 Å². The normalized spacial score (nSPS) is 14.1. The van der Waals surface area contributed by atoms with Crippen LogP contribution < -0.4 is 9.47 Å². The lowest BCUT2D eigenvalue weighted by Gasteiger charge is -2.20. The fourth-order valence-electron chi connectivity index (χ4n) is 1.62. The molecule has 0 aliphatic carbocycles. The summed E-state index contributed by atoms with van der Waals surface area (Å²) < 4.78 is 11.0. The molecule has 0 radical (unpaired) electrons. The van der Waals surface area contributed by atoms with Gasteiger partial charge in [0.1, 0.15) is 13.2 Å². The maximum Gasteiger partial charge on any atom is 0.161 e. The summed E-state index contributed by atoms with van der Waals surface area (Å²) in [6.07, 6.45) is 0.978. The van der Waals surface area contributed by atoms with Gasteiger partial charge in [0.15, 0.2) is 11.5 Å². The van der Waals surface area contributed by atoms with Crippen molar-refractivity contribution in [2.24, 2.45) is 0 Å². The molecule has 1 aliphatic heterocycles. The van der Waals surface area contributed by atoms with Gasteiger partial charge in [0.05, 0.1) is 0 Å². The number of thiol groups is 1. The van der Waals surface area contributed by atoms with Crippen LogP contribution in [0.5, 0.6) is 11.5 Å². The topological polar surface area (TPSA) is 18.5 Å². The third kappa shape index (κ3) is 1.82. The molecule has 1 aliphatic rings. The summed E-state index contributed by atoms with van der Waals surface area (Å²) in [5.74, 6) is 2.61. The zero-order valence-electron chi connectivity index (χ0n) is 8.25. The highest BCUT2D eigenvalue weighted by molar-refractivity contribution is 7.80. The molecule has 0 spiro atoms. The van der Waals surface area contributed by atoms with E-state index in [1.54, 1.807) is 0 Å². The second-order valence-electron chi connectivity index (χ2n) is 3.40. The summed E-state index contributed by atoms with van der Waals surface area (Å²) in [7, 11) is 0. The molecule has 14 heavy (non-hydrogen) atoms. The van der Waals surface area contributed by atoms with Crippen molar-refractivity contribution in [3.63, 3.8) is 0 Å². The summed E-state index contributed by atoms with van der Waals surface area (Å²) in [5, 5.41) is 0. The molecular formula is C11H14O2S. The van der Waals surface area contributed by atoms with Crippen molar-refractivity contribution >= 4 is 12.6 Å². The van der Waals surface area contributed by atoms with E-state index < -0.39 is 0 Å². The first-order valence-corrected chi connectivity index (χ1v) is 5.44. The lowest BCUT2D eigenvalue weighted by atomic mass is 10.1. The van der Waals surface area contributed by atoms with Gasteiger partial charge >= 0.3 is 0 Å². The summed E-state index contributed by atoms with van der Waals surface area (Å²) >= 11 is 4.23. The Bertz CT molecular complexity index is 336. The number of aryl methyl sites for hydroxylation is 2. The fraction of sp³-hybridized carbons (Fsp3) is 0.455. The Morgan fingerprint density at radius 1 is 1.21 bits per heavy atom. The number of benzene rings is 1. The molecule has 2 rings (SSSR count). The fourth-order valence-corrected chi connectivity index (χ4v) is 1.86. The van der Waals surface area contributed by atoms with Crippen molar-refractivity contribution in [1.82, 2.24) is 0 Å². The lowest BCUT2D eigenvalue weighted by molar-refractivity contribution is 0.171. The first kappa shape index (κ1) is 9.71. The number of hydrogen-bond acceptors (Lipinski definition) is 3. The molecule has 1 aromatic rings. The van der Waals surface area contributed by atoms with Crippen LogP contribution in [-0.4, -0.2) is 19.0 Å². The van der Waals surface area contributed by atoms with Crippen LogP contribution in [0, 0.1) is 6.92 Å². The van der Waals surface area contributed by atoms with Crippen LogP contribution >= 0.6 is 12.6 Å². The number of rotatable bonds is 2. The van der Waals surface area contributed by atoms with Gasteiger partial charge in [-0.2, -0.15) is 12.6 Å². The van der Waals surface area contributed by atoms with Gasteiger partial charge in [0.2, 0.25) is 0 Å². The predicted octanol–water partition coefficient (Wildman–Crippen LogP) is 2.24. The molecule has 76 valence electrons. The Hall–Kier alpha value is -0.830. The number of fused-ring (bicyclic) bond motifs is 1. The largest absolute Gasteiger partial charge is 0.486 e. The van der Waals surface area contributed by atoms with Crippen LogP contribution in [0.25, 0.3) is 0 Å². The highest BCUT2D eigenvalue weighted by atomic mass is 32.1. The van der Waals surface area contributed by atoms with E-state index in [-0.39, 0.29) is 0 Å². The highest BCUT2D eigenvalue weighted by Crippen LogP contribution is 2.33. The van der Waals surface area contributed by atoms with Crippen LogP contribution in [-0.2, 0) is 6.42 Å². The van der Waals surface area contributed by atoms with Crippen molar-refractivity contribution in [3.8, 4) is 11.5 Å². The Morgan fingerprint density at radius 2 is 1.86 bits per heavy atom. The minimum Gasteiger partial charge on any atom is -0.486 e. The molecule has 0 unspecified atom stereocenters. The Labute approximate surface area is 89.6 Å². The number of hydrogen-bond donors (Lipinski definition) is 1. The zero-order valence-corrected chi connectivity index (χ0v) is 9.14. The van der Waals surface area contributed by atoms with E-state index in [0.29, 0.717) is 13.2 Å². The molecule has 1 aromatic carbocycles. The molecule has 0 bridgehead atoms. The lowest BCUT2D eigenvalue weighted by Crippen LogP contribution is -2.15. The minimum atomic E-state index is 0.649. The quantitative estimate of drug-likeness (QED) is 0.755. The van der Waals surface area contributed by atoms with Crippen molar-refractivity contribution < 1.29 is 9.47 Å². The second-order valence-corrected chi connectivity index (χ2v) is 3.84. The van der Waals surface area contributed by atoms with E-state index in [0.717, 1.165) is 23.7 Å². The van der Waals surface area contributed by atoms with Gasteiger partial charge in [-0.15, -0.1) is 0 Å². The van der Waals surface area contributed by atoms with Gasteiger partial charge < -0.3 is 9.47 Å². The Balaban J connectivity index is 2.35. The van der Waals surface area contributed by atoms with Crippen molar-refractivity contribution in [2.75, 3.05) is 19.0 Å². The molecule has 0 fully saturated rings. The first-order chi connectivity index (χ1) is 6.81. The Kier molecular flexibility index (Phi) is 2.87. The molecule has 0 atom stereocenters. The smallest absolute Gasteiger partial charge is 0.161 e. The average molecular weight is 210 g/mol. The molecule has 0 aromatic heterocycles. The van der Waals surface area contributed by atoms with E-state index in [1.165, 1.54) is 11.1 Å². The molecule has 0 N–H and O–H groups in total. The van der Waals surface area contributed by atoms with Crippen LogP contribution in [0.15, 0.2) is 12.1 Å². The van der Waals surface area contributed by atoms with Crippen LogP contribution in [0.4, 0.5) is 0 Å². The minimum absolute atomic E-state index is 0.649. The molecule has 0 saturated carbocycles. The standard InChI is InChI=1S/C11H14O2S/c1-8-6-10-11(13-4-3-12-10)7-9(8)2-5-14/h6-7,14H,2-5H2,1H3. The molecule has 0 saturated heterocycles. The zero-order chi connectivity index (χ0) is 9.97. The van der Waals surface area contributed by atoms with E-state index in [2.05, 4.69) is 25.6 Å². The monoisotopic (exact) mass is 210 g/mol. The molecule has 2 nitrogen and oxygen atoms in total. The molecule has 0 amide bonds. The van der Waals surface area contributed by atoms with Crippen molar-refractivity contribution in [2.45, 2.75) is 13.3 Å². The van der Waals surface area contributed by atoms with E-state index in [9.17, 15) is 0 Å². The van der Waals surface area contributed by atoms with Gasteiger partial charge in [0, 0.05) is 0 Å². The highest BCUT2D eigenvalue weighted by Gasteiger charge is 2.13. The van der Waals surface area contributed by atoms with Gasteiger partial charge in [0.25, 0.3) is 0 Å². The Morgan fingerprint density at radius 3 is 2.50 bits per heavy atom. The van der Waals surface area contributed by atoms with Gasteiger partial charge in [-0.05, 0) is 42.4 Å². The van der Waals surface area contributed by atoms with E-state index in [4.69, 9.17) is 9.47 Å². The first-order valence-electron chi connectivity index (χ1n) is 4.81. The number of ether oxygens (including phenoxy) is 2. The SMILES string of the molecule is Cc1cc2c(cc1CCS)OCCO2. The maximum absolute atomic E-state index is 5.52. The predicted molar refractivity (Wildman–Crippen MR) is 59.7 cm³/mol. The van der Waals surface area contributed by atoms with Gasteiger partial charge in [-0.1, -0.05) is 0 Å². The van der Waals surface area contributed by atoms with Crippen LogP contribution in [0.1, 0.15) is 11.1 Å². The second kappa shape index (κ2) is 4.13. The summed E-state index contributed by atoms with van der Waals surface area (Å²) in [6.45, 7) is 3.39. The third-order valence-electron chi connectivity index (χ3n) is 2.38. The maximum atomic E-state index is 5.52. The molecule has 3 heteroatoms. The summed E-state index contributed by atoms with van der Waals surface area (Å²) in [5.41, 5.74) is 2.55. The van der Waals surface area contributed by atoms with Crippen molar-refractivity contribution in [3.05, 3.63) is 23.3 Å². The molecule has 1 heterocycles. The molecular weight excluding hydrogens is 196 g/mol. The summed E-state index contributed by atoms with van der Waals surface area (Å²) in [4.78, 5) is 0. The summed E-state index contributed by atoms with van der Waals surface area (Å²) in [6, 6.07) is 4.12. The van der Waals surface area contributed by atoms with Crippen LogP contribution in [0.2, 0.25) is 0 Å².